The Morgan fingerprint density at radius 2 is 1.93 bits per heavy atom. The number of ether oxygens (including phenoxy) is 1. The fourth-order valence-corrected chi connectivity index (χ4v) is 1.29. The van der Waals surface area contributed by atoms with Gasteiger partial charge >= 0.3 is 0 Å². The maximum atomic E-state index is 5.62. The van der Waals surface area contributed by atoms with Crippen LogP contribution in [0.3, 0.4) is 0 Å². The summed E-state index contributed by atoms with van der Waals surface area (Å²) in [5, 5.41) is 7.63. The third-order valence-electron chi connectivity index (χ3n) is 2.32. The van der Waals surface area contributed by atoms with Crippen molar-refractivity contribution in [2.24, 2.45) is 0 Å². The van der Waals surface area contributed by atoms with E-state index in [0.717, 1.165) is 11.3 Å². The van der Waals surface area contributed by atoms with Crippen molar-refractivity contribution in [3.8, 4) is 11.6 Å². The van der Waals surface area contributed by atoms with Gasteiger partial charge in [-0.05, 0) is 37.1 Å². The van der Waals surface area contributed by atoms with E-state index in [1.54, 1.807) is 18.3 Å². The Hall–Kier alpha value is -1.90. The molecule has 2 aromatic rings. The van der Waals surface area contributed by atoms with Crippen LogP contribution in [0, 0.1) is 13.8 Å². The average molecular weight is 200 g/mol. The molecule has 76 valence electrons. The number of hydrogen-bond acceptors (Lipinski definition) is 3. The summed E-state index contributed by atoms with van der Waals surface area (Å²) in [6.07, 6.45) is 1.62. The van der Waals surface area contributed by atoms with Crippen LogP contribution in [-0.2, 0) is 0 Å². The summed E-state index contributed by atoms with van der Waals surface area (Å²) in [7, 11) is 0. The summed E-state index contributed by atoms with van der Waals surface area (Å²) in [5.41, 5.74) is 2.33. The first kappa shape index (κ1) is 9.65. The smallest absolute Gasteiger partial charge is 0.238 e. The number of aryl methyl sites for hydroxylation is 1. The van der Waals surface area contributed by atoms with Crippen molar-refractivity contribution in [2.75, 3.05) is 0 Å². The monoisotopic (exact) mass is 200 g/mol. The molecule has 15 heavy (non-hydrogen) atoms. The van der Waals surface area contributed by atoms with Crippen LogP contribution in [0.25, 0.3) is 0 Å². The lowest BCUT2D eigenvalue weighted by atomic mass is 10.1. The zero-order valence-corrected chi connectivity index (χ0v) is 8.77. The predicted octanol–water partition coefficient (Wildman–Crippen LogP) is 2.89. The Labute approximate surface area is 88.7 Å². The van der Waals surface area contributed by atoms with Gasteiger partial charge in [-0.3, -0.25) is 0 Å². The summed E-state index contributed by atoms with van der Waals surface area (Å²) in [5.74, 6) is 1.35. The summed E-state index contributed by atoms with van der Waals surface area (Å²) < 4.78 is 5.62. The van der Waals surface area contributed by atoms with Crippen molar-refractivity contribution >= 4 is 0 Å². The van der Waals surface area contributed by atoms with E-state index in [9.17, 15) is 0 Å². The Morgan fingerprint density at radius 1 is 1.07 bits per heavy atom. The van der Waals surface area contributed by atoms with Gasteiger partial charge in [0.15, 0.2) is 0 Å². The Bertz CT molecular complexity index is 454. The lowest BCUT2D eigenvalue weighted by Gasteiger charge is -2.08. The van der Waals surface area contributed by atoms with Gasteiger partial charge in [0.25, 0.3) is 0 Å². The van der Waals surface area contributed by atoms with Crippen molar-refractivity contribution in [1.82, 2.24) is 10.2 Å². The summed E-state index contributed by atoms with van der Waals surface area (Å²) >= 11 is 0. The topological polar surface area (TPSA) is 35.0 Å². The molecule has 0 spiro atoms. The molecular weight excluding hydrogens is 188 g/mol. The SMILES string of the molecule is Cc1cccc(Oc2cccnn2)c1C. The highest BCUT2D eigenvalue weighted by Gasteiger charge is 2.03. The first-order valence-electron chi connectivity index (χ1n) is 4.79. The average Bonchev–Trinajstić information content (AvgIpc) is 2.26. The number of aromatic nitrogens is 2. The quantitative estimate of drug-likeness (QED) is 0.747. The first-order valence-corrected chi connectivity index (χ1v) is 4.79. The molecule has 0 unspecified atom stereocenters. The fraction of sp³-hybridized carbons (Fsp3) is 0.167. The fourth-order valence-electron chi connectivity index (χ4n) is 1.29. The van der Waals surface area contributed by atoms with E-state index in [1.165, 1.54) is 5.56 Å². The molecule has 0 aliphatic rings. The minimum absolute atomic E-state index is 0.520. The second-order valence-electron chi connectivity index (χ2n) is 3.36. The Morgan fingerprint density at radius 3 is 2.67 bits per heavy atom. The van der Waals surface area contributed by atoms with Gasteiger partial charge in [0, 0.05) is 12.3 Å². The Balaban J connectivity index is 2.29. The predicted molar refractivity (Wildman–Crippen MR) is 58.0 cm³/mol. The zero-order chi connectivity index (χ0) is 10.7. The van der Waals surface area contributed by atoms with E-state index in [0.29, 0.717) is 5.88 Å². The van der Waals surface area contributed by atoms with E-state index in [-0.39, 0.29) is 0 Å². The van der Waals surface area contributed by atoms with E-state index >= 15 is 0 Å². The zero-order valence-electron chi connectivity index (χ0n) is 8.77. The van der Waals surface area contributed by atoms with E-state index in [1.807, 2.05) is 19.1 Å². The van der Waals surface area contributed by atoms with Gasteiger partial charge in [0.05, 0.1) is 0 Å². The van der Waals surface area contributed by atoms with Gasteiger partial charge in [-0.2, -0.15) is 5.10 Å². The molecule has 0 aliphatic heterocycles. The number of hydrogen-bond donors (Lipinski definition) is 0. The molecule has 1 aromatic heterocycles. The largest absolute Gasteiger partial charge is 0.437 e. The van der Waals surface area contributed by atoms with Gasteiger partial charge in [0.1, 0.15) is 5.75 Å². The summed E-state index contributed by atoms with van der Waals surface area (Å²) in [6, 6.07) is 9.53. The van der Waals surface area contributed by atoms with Crippen LogP contribution in [-0.4, -0.2) is 10.2 Å². The molecular formula is C12H12N2O. The third kappa shape index (κ3) is 2.13. The molecule has 0 radical (unpaired) electrons. The van der Waals surface area contributed by atoms with Crippen molar-refractivity contribution in [3.05, 3.63) is 47.7 Å². The second-order valence-corrected chi connectivity index (χ2v) is 3.36. The van der Waals surface area contributed by atoms with Crippen molar-refractivity contribution < 1.29 is 4.74 Å². The van der Waals surface area contributed by atoms with Crippen LogP contribution in [0.2, 0.25) is 0 Å². The molecule has 0 saturated carbocycles. The van der Waals surface area contributed by atoms with Crippen molar-refractivity contribution in [1.29, 1.82) is 0 Å². The highest BCUT2D eigenvalue weighted by molar-refractivity contribution is 5.39. The molecule has 0 fully saturated rings. The van der Waals surface area contributed by atoms with Crippen LogP contribution in [0.4, 0.5) is 0 Å². The van der Waals surface area contributed by atoms with Crippen LogP contribution in [0.15, 0.2) is 36.5 Å². The number of nitrogens with zero attached hydrogens (tertiary/aromatic N) is 2. The first-order chi connectivity index (χ1) is 7.27. The molecule has 3 nitrogen and oxygen atoms in total. The lowest BCUT2D eigenvalue weighted by molar-refractivity contribution is 0.451. The maximum absolute atomic E-state index is 5.62. The van der Waals surface area contributed by atoms with Crippen molar-refractivity contribution in [3.63, 3.8) is 0 Å². The minimum atomic E-state index is 0.520. The molecule has 0 bridgehead atoms. The molecule has 0 amide bonds. The standard InChI is InChI=1S/C12H12N2O/c1-9-5-3-6-11(10(9)2)15-12-7-4-8-13-14-12/h3-8H,1-2H3. The molecule has 0 atom stereocenters. The van der Waals surface area contributed by atoms with Gasteiger partial charge in [0.2, 0.25) is 5.88 Å². The molecule has 0 N–H and O–H groups in total. The molecule has 1 aromatic carbocycles. The van der Waals surface area contributed by atoms with E-state index in [2.05, 4.69) is 23.2 Å². The Kier molecular flexibility index (Phi) is 2.63. The molecule has 0 saturated heterocycles. The molecule has 0 aliphatic carbocycles. The van der Waals surface area contributed by atoms with E-state index in [4.69, 9.17) is 4.74 Å². The van der Waals surface area contributed by atoms with Crippen LogP contribution in [0.1, 0.15) is 11.1 Å². The number of rotatable bonds is 2. The second kappa shape index (κ2) is 4.09. The maximum Gasteiger partial charge on any atom is 0.238 e. The minimum Gasteiger partial charge on any atom is -0.437 e. The van der Waals surface area contributed by atoms with Crippen molar-refractivity contribution in [2.45, 2.75) is 13.8 Å². The summed E-state index contributed by atoms with van der Waals surface area (Å²) in [4.78, 5) is 0. The normalized spacial score (nSPS) is 10.0. The highest BCUT2D eigenvalue weighted by Crippen LogP contribution is 2.24. The van der Waals surface area contributed by atoms with Crippen LogP contribution >= 0.6 is 0 Å². The molecule has 3 heteroatoms. The third-order valence-corrected chi connectivity index (χ3v) is 2.32. The van der Waals surface area contributed by atoms with E-state index < -0.39 is 0 Å². The van der Waals surface area contributed by atoms with Gasteiger partial charge in [-0.25, -0.2) is 0 Å². The molecule has 1 heterocycles. The molecule has 2 rings (SSSR count). The van der Waals surface area contributed by atoms with Gasteiger partial charge in [-0.15, -0.1) is 5.10 Å². The highest BCUT2D eigenvalue weighted by atomic mass is 16.5. The van der Waals surface area contributed by atoms with Gasteiger partial charge in [-0.1, -0.05) is 12.1 Å². The van der Waals surface area contributed by atoms with Gasteiger partial charge < -0.3 is 4.74 Å². The van der Waals surface area contributed by atoms with Crippen LogP contribution in [0.5, 0.6) is 11.6 Å². The van der Waals surface area contributed by atoms with Crippen LogP contribution < -0.4 is 4.74 Å². The number of benzene rings is 1. The summed E-state index contributed by atoms with van der Waals surface area (Å²) in [6.45, 7) is 4.08. The lowest BCUT2D eigenvalue weighted by Crippen LogP contribution is -1.92.